The molecule has 0 aromatic heterocycles. The van der Waals surface area contributed by atoms with Gasteiger partial charge in [0.1, 0.15) is 0 Å². The molecule has 3 nitrogen and oxygen atoms in total. The third kappa shape index (κ3) is 3.03. The largest absolute Gasteiger partial charge is 0.323 e. The lowest BCUT2D eigenvalue weighted by Crippen LogP contribution is -2.46. The van der Waals surface area contributed by atoms with Crippen LogP contribution in [0, 0.1) is 11.3 Å². The predicted molar refractivity (Wildman–Crippen MR) is 83.3 cm³/mol. The first kappa shape index (κ1) is 15.8. The Hall–Kier alpha value is -0.570. The van der Waals surface area contributed by atoms with Gasteiger partial charge in [0.15, 0.2) is 0 Å². The highest BCUT2D eigenvalue weighted by molar-refractivity contribution is 5.85. The molecule has 3 unspecified atom stereocenters. The van der Waals surface area contributed by atoms with Gasteiger partial charge in [-0.1, -0.05) is 41.0 Å². The maximum absolute atomic E-state index is 12.8. The number of nitrogens with one attached hydrogen (secondary N) is 1. The first-order chi connectivity index (χ1) is 9.39. The quantitative estimate of drug-likeness (QED) is 0.854. The van der Waals surface area contributed by atoms with Crippen LogP contribution >= 0.6 is 0 Å². The molecule has 3 atom stereocenters. The second-order valence-electron chi connectivity index (χ2n) is 7.59. The highest BCUT2D eigenvalue weighted by Crippen LogP contribution is 2.38. The molecule has 3 heteroatoms. The van der Waals surface area contributed by atoms with Gasteiger partial charge < -0.3 is 4.90 Å². The summed E-state index contributed by atoms with van der Waals surface area (Å²) in [5, 5.41) is 3.59. The van der Waals surface area contributed by atoms with Crippen molar-refractivity contribution in [3.05, 3.63) is 0 Å². The van der Waals surface area contributed by atoms with E-state index in [1.165, 1.54) is 25.7 Å². The van der Waals surface area contributed by atoms with E-state index >= 15 is 0 Å². The van der Waals surface area contributed by atoms with Gasteiger partial charge in [-0.2, -0.15) is 0 Å². The minimum absolute atomic E-state index is 0.0416. The first-order valence-corrected chi connectivity index (χ1v) is 8.48. The molecular weight excluding hydrogens is 248 g/mol. The summed E-state index contributed by atoms with van der Waals surface area (Å²) in [6.45, 7) is 11.3. The molecule has 1 saturated carbocycles. The lowest BCUT2D eigenvalue weighted by Gasteiger charge is -2.40. The molecule has 1 N–H and O–H groups in total. The van der Waals surface area contributed by atoms with Crippen LogP contribution in [0.5, 0.6) is 0 Å². The normalized spacial score (nSPS) is 32.6. The molecule has 0 spiro atoms. The van der Waals surface area contributed by atoms with Crippen molar-refractivity contribution in [1.82, 2.24) is 10.2 Å². The van der Waals surface area contributed by atoms with Crippen LogP contribution in [0.25, 0.3) is 0 Å². The van der Waals surface area contributed by atoms with Gasteiger partial charge in [-0.3, -0.25) is 10.1 Å². The fourth-order valence-corrected chi connectivity index (χ4v) is 3.73. The molecule has 1 amide bonds. The van der Waals surface area contributed by atoms with E-state index in [2.05, 4.69) is 44.8 Å². The molecule has 116 valence electrons. The van der Waals surface area contributed by atoms with E-state index in [9.17, 15) is 4.79 Å². The smallest absolute Gasteiger partial charge is 0.241 e. The van der Waals surface area contributed by atoms with Gasteiger partial charge in [0, 0.05) is 6.04 Å². The zero-order valence-electron chi connectivity index (χ0n) is 13.9. The van der Waals surface area contributed by atoms with Gasteiger partial charge in [-0.05, 0) is 43.4 Å². The summed E-state index contributed by atoms with van der Waals surface area (Å²) in [6.07, 6.45) is 7.16. The number of hydrogen-bond donors (Lipinski definition) is 1. The fourth-order valence-electron chi connectivity index (χ4n) is 3.73. The third-order valence-electron chi connectivity index (χ3n) is 5.53. The Bertz CT molecular complexity index is 343. The van der Waals surface area contributed by atoms with Crippen LogP contribution in [0.1, 0.15) is 73.1 Å². The van der Waals surface area contributed by atoms with Gasteiger partial charge >= 0.3 is 0 Å². The molecule has 0 aromatic rings. The topological polar surface area (TPSA) is 32.3 Å². The summed E-state index contributed by atoms with van der Waals surface area (Å²) in [4.78, 5) is 15.0. The summed E-state index contributed by atoms with van der Waals surface area (Å²) in [5.74, 6) is 0.789. The highest BCUT2D eigenvalue weighted by Gasteiger charge is 2.44. The van der Waals surface area contributed by atoms with Gasteiger partial charge in [-0.25, -0.2) is 0 Å². The van der Waals surface area contributed by atoms with E-state index in [-0.39, 0.29) is 12.2 Å². The van der Waals surface area contributed by atoms with Crippen LogP contribution in [0.15, 0.2) is 0 Å². The lowest BCUT2D eigenvalue weighted by atomic mass is 9.75. The van der Waals surface area contributed by atoms with E-state index in [1.807, 2.05) is 0 Å². The van der Waals surface area contributed by atoms with Crippen LogP contribution in [0.4, 0.5) is 0 Å². The Labute approximate surface area is 124 Å². The number of carbonyl (C=O) groups is 1. The summed E-state index contributed by atoms with van der Waals surface area (Å²) >= 11 is 0. The number of hydrogen-bond acceptors (Lipinski definition) is 2. The average molecular weight is 280 g/mol. The minimum atomic E-state index is 0.0416. The molecule has 0 aromatic carbocycles. The molecule has 0 bridgehead atoms. The van der Waals surface area contributed by atoms with Gasteiger partial charge in [0.05, 0.1) is 12.2 Å². The minimum Gasteiger partial charge on any atom is -0.323 e. The SMILES string of the molecule is CCC(C)C1NC(CC)N(C2CCC(C)(C)CC2)C1=O. The van der Waals surface area contributed by atoms with E-state index in [0.717, 1.165) is 12.8 Å². The Morgan fingerprint density at radius 1 is 1.30 bits per heavy atom. The van der Waals surface area contributed by atoms with Crippen molar-refractivity contribution in [2.75, 3.05) is 0 Å². The molecule has 2 fully saturated rings. The van der Waals surface area contributed by atoms with E-state index in [1.54, 1.807) is 0 Å². The van der Waals surface area contributed by atoms with Crippen LogP contribution in [-0.2, 0) is 4.79 Å². The molecule has 2 rings (SSSR count). The van der Waals surface area contributed by atoms with Crippen molar-refractivity contribution in [3.63, 3.8) is 0 Å². The standard InChI is InChI=1S/C17H32N2O/c1-6-12(3)15-16(20)19(14(7-2)18-15)13-8-10-17(4,5)11-9-13/h12-15,18H,6-11H2,1-5H3. The second-order valence-corrected chi connectivity index (χ2v) is 7.59. The number of nitrogens with zero attached hydrogens (tertiary/aromatic N) is 1. The summed E-state index contributed by atoms with van der Waals surface area (Å²) in [5.41, 5.74) is 0.463. The van der Waals surface area contributed by atoms with Crippen LogP contribution in [0.2, 0.25) is 0 Å². The first-order valence-electron chi connectivity index (χ1n) is 8.48. The number of amides is 1. The molecule has 1 aliphatic heterocycles. The summed E-state index contributed by atoms with van der Waals surface area (Å²) in [6, 6.07) is 0.502. The number of rotatable bonds is 4. The Morgan fingerprint density at radius 3 is 2.40 bits per heavy atom. The molecule has 2 aliphatic rings. The zero-order chi connectivity index (χ0) is 14.9. The van der Waals surface area contributed by atoms with Crippen molar-refractivity contribution in [2.24, 2.45) is 11.3 Å². The van der Waals surface area contributed by atoms with Crippen molar-refractivity contribution >= 4 is 5.91 Å². The molecule has 1 saturated heterocycles. The van der Waals surface area contributed by atoms with E-state index in [0.29, 0.717) is 23.3 Å². The van der Waals surface area contributed by atoms with E-state index in [4.69, 9.17) is 0 Å². The molecule has 0 radical (unpaired) electrons. The maximum atomic E-state index is 12.8. The van der Waals surface area contributed by atoms with Crippen molar-refractivity contribution in [1.29, 1.82) is 0 Å². The molecule has 1 aliphatic carbocycles. The Balaban J connectivity index is 2.08. The number of carbonyl (C=O) groups excluding carboxylic acids is 1. The monoisotopic (exact) mass is 280 g/mol. The molecule has 1 heterocycles. The van der Waals surface area contributed by atoms with Gasteiger partial charge in [0.25, 0.3) is 0 Å². The van der Waals surface area contributed by atoms with Crippen molar-refractivity contribution in [2.45, 2.75) is 91.4 Å². The maximum Gasteiger partial charge on any atom is 0.241 e. The predicted octanol–water partition coefficient (Wildman–Crippen LogP) is 3.54. The molecule has 20 heavy (non-hydrogen) atoms. The van der Waals surface area contributed by atoms with Gasteiger partial charge in [0.2, 0.25) is 5.91 Å². The Kier molecular flexibility index (Phi) is 4.78. The zero-order valence-corrected chi connectivity index (χ0v) is 13.9. The second kappa shape index (κ2) is 6.05. The van der Waals surface area contributed by atoms with Crippen LogP contribution < -0.4 is 5.32 Å². The Morgan fingerprint density at radius 2 is 1.90 bits per heavy atom. The molecular formula is C17H32N2O. The lowest BCUT2D eigenvalue weighted by molar-refractivity contribution is -0.134. The van der Waals surface area contributed by atoms with Crippen molar-refractivity contribution in [3.8, 4) is 0 Å². The summed E-state index contributed by atoms with van der Waals surface area (Å²) in [7, 11) is 0. The fraction of sp³-hybridized carbons (Fsp3) is 0.941. The summed E-state index contributed by atoms with van der Waals surface area (Å²) < 4.78 is 0. The van der Waals surface area contributed by atoms with Crippen LogP contribution in [-0.4, -0.2) is 29.1 Å². The van der Waals surface area contributed by atoms with E-state index < -0.39 is 0 Å². The van der Waals surface area contributed by atoms with Crippen molar-refractivity contribution < 1.29 is 4.79 Å². The van der Waals surface area contributed by atoms with Crippen LogP contribution in [0.3, 0.4) is 0 Å². The van der Waals surface area contributed by atoms with Gasteiger partial charge in [-0.15, -0.1) is 0 Å². The third-order valence-corrected chi connectivity index (χ3v) is 5.53. The highest BCUT2D eigenvalue weighted by atomic mass is 16.2. The average Bonchev–Trinajstić information content (AvgIpc) is 2.75.